The van der Waals surface area contributed by atoms with Crippen molar-refractivity contribution in [3.8, 4) is 0 Å². The van der Waals surface area contributed by atoms with Gasteiger partial charge in [0.15, 0.2) is 5.82 Å². The van der Waals surface area contributed by atoms with E-state index < -0.39 is 0 Å². The van der Waals surface area contributed by atoms with E-state index >= 15 is 0 Å². The van der Waals surface area contributed by atoms with E-state index in [2.05, 4.69) is 25.9 Å². The number of tetrazole rings is 1. The Morgan fingerprint density at radius 2 is 2.53 bits per heavy atom. The smallest absolute Gasteiger partial charge is 0.261 e. The van der Waals surface area contributed by atoms with Crippen LogP contribution >= 0.6 is 11.3 Å². The van der Waals surface area contributed by atoms with Crippen LogP contribution in [0.1, 0.15) is 15.5 Å². The van der Waals surface area contributed by atoms with Crippen molar-refractivity contribution in [2.75, 3.05) is 6.54 Å². The molecule has 0 spiro atoms. The number of hydrogen-bond donors (Lipinski definition) is 2. The number of carbonyl (C=O) groups excluding carboxylic acids is 1. The molecule has 0 saturated carbocycles. The molecule has 0 atom stereocenters. The van der Waals surface area contributed by atoms with Crippen LogP contribution in [0.3, 0.4) is 0 Å². The summed E-state index contributed by atoms with van der Waals surface area (Å²) in [5.41, 5.74) is 0. The van der Waals surface area contributed by atoms with E-state index in [4.69, 9.17) is 0 Å². The fourth-order valence-corrected chi connectivity index (χ4v) is 1.71. The molecular weight excluding hydrogens is 214 g/mol. The molecule has 2 heterocycles. The number of nitrogens with zero attached hydrogens (tertiary/aromatic N) is 3. The number of H-pyrrole nitrogens is 1. The first-order chi connectivity index (χ1) is 7.36. The van der Waals surface area contributed by atoms with E-state index in [-0.39, 0.29) is 5.91 Å². The Kier molecular flexibility index (Phi) is 3.03. The Morgan fingerprint density at radius 1 is 1.60 bits per heavy atom. The second-order valence-electron chi connectivity index (χ2n) is 2.81. The molecule has 1 amide bonds. The van der Waals surface area contributed by atoms with E-state index in [1.165, 1.54) is 11.3 Å². The fourth-order valence-electron chi connectivity index (χ4n) is 1.07. The maximum atomic E-state index is 11.5. The third-order valence-corrected chi connectivity index (χ3v) is 2.64. The van der Waals surface area contributed by atoms with Crippen LogP contribution in [0.15, 0.2) is 17.5 Å². The summed E-state index contributed by atoms with van der Waals surface area (Å²) in [5.74, 6) is 0.537. The molecule has 2 N–H and O–H groups in total. The summed E-state index contributed by atoms with van der Waals surface area (Å²) in [4.78, 5) is 12.2. The van der Waals surface area contributed by atoms with Crippen molar-refractivity contribution in [1.29, 1.82) is 0 Å². The van der Waals surface area contributed by atoms with Gasteiger partial charge in [-0.05, 0) is 11.4 Å². The van der Waals surface area contributed by atoms with Gasteiger partial charge in [0.1, 0.15) is 0 Å². The van der Waals surface area contributed by atoms with Crippen LogP contribution in [0.4, 0.5) is 0 Å². The van der Waals surface area contributed by atoms with E-state index in [0.717, 1.165) is 0 Å². The van der Waals surface area contributed by atoms with Gasteiger partial charge >= 0.3 is 0 Å². The molecule has 0 aromatic carbocycles. The predicted molar refractivity (Wildman–Crippen MR) is 54.5 cm³/mol. The number of rotatable bonds is 4. The van der Waals surface area contributed by atoms with Gasteiger partial charge in [0.05, 0.1) is 4.88 Å². The molecular formula is C8H9N5OS. The minimum atomic E-state index is -0.0616. The average Bonchev–Trinajstić information content (AvgIpc) is 2.90. The fraction of sp³-hybridized carbons (Fsp3) is 0.250. The Morgan fingerprint density at radius 3 is 3.20 bits per heavy atom. The lowest BCUT2D eigenvalue weighted by Gasteiger charge is -1.99. The lowest BCUT2D eigenvalue weighted by atomic mass is 10.4. The predicted octanol–water partition coefficient (Wildman–Crippen LogP) is 0.234. The molecule has 2 aromatic heterocycles. The molecule has 6 nitrogen and oxygen atoms in total. The zero-order valence-electron chi connectivity index (χ0n) is 7.80. The lowest BCUT2D eigenvalue weighted by molar-refractivity contribution is 0.0958. The van der Waals surface area contributed by atoms with Crippen LogP contribution in [-0.2, 0) is 6.42 Å². The van der Waals surface area contributed by atoms with Crippen LogP contribution in [-0.4, -0.2) is 33.1 Å². The largest absolute Gasteiger partial charge is 0.351 e. The van der Waals surface area contributed by atoms with Gasteiger partial charge in [0, 0.05) is 13.0 Å². The number of amides is 1. The summed E-state index contributed by atoms with van der Waals surface area (Å²) in [5, 5.41) is 18.0. The molecule has 78 valence electrons. The third-order valence-electron chi connectivity index (χ3n) is 1.77. The molecule has 0 saturated heterocycles. The van der Waals surface area contributed by atoms with Crippen molar-refractivity contribution >= 4 is 17.2 Å². The van der Waals surface area contributed by atoms with Crippen molar-refractivity contribution in [3.63, 3.8) is 0 Å². The molecule has 2 rings (SSSR count). The zero-order chi connectivity index (χ0) is 10.5. The van der Waals surface area contributed by atoms with Gasteiger partial charge in [-0.3, -0.25) is 4.79 Å². The highest BCUT2D eigenvalue weighted by Crippen LogP contribution is 2.07. The van der Waals surface area contributed by atoms with E-state index in [1.807, 2.05) is 11.4 Å². The molecule has 15 heavy (non-hydrogen) atoms. The second-order valence-corrected chi connectivity index (χ2v) is 3.76. The molecule has 0 bridgehead atoms. The van der Waals surface area contributed by atoms with Crippen molar-refractivity contribution in [3.05, 3.63) is 28.2 Å². The summed E-state index contributed by atoms with van der Waals surface area (Å²) in [6.45, 7) is 0.510. The Bertz CT molecular complexity index is 410. The molecule has 0 fully saturated rings. The average molecular weight is 223 g/mol. The van der Waals surface area contributed by atoms with Crippen LogP contribution in [0.5, 0.6) is 0 Å². The number of aromatic amines is 1. The Hall–Kier alpha value is -1.76. The number of thiophene rings is 1. The van der Waals surface area contributed by atoms with Crippen molar-refractivity contribution < 1.29 is 4.79 Å². The first-order valence-corrected chi connectivity index (χ1v) is 5.28. The highest BCUT2D eigenvalue weighted by molar-refractivity contribution is 7.12. The van der Waals surface area contributed by atoms with Gasteiger partial charge in [0.2, 0.25) is 0 Å². The zero-order valence-corrected chi connectivity index (χ0v) is 8.62. The van der Waals surface area contributed by atoms with Crippen LogP contribution in [0.2, 0.25) is 0 Å². The monoisotopic (exact) mass is 223 g/mol. The third kappa shape index (κ3) is 2.59. The van der Waals surface area contributed by atoms with E-state index in [1.54, 1.807) is 6.07 Å². The topological polar surface area (TPSA) is 83.6 Å². The molecule has 0 radical (unpaired) electrons. The quantitative estimate of drug-likeness (QED) is 0.777. The second kappa shape index (κ2) is 4.65. The molecule has 0 aliphatic heterocycles. The maximum Gasteiger partial charge on any atom is 0.261 e. The Labute approximate surface area is 89.7 Å². The molecule has 7 heteroatoms. The van der Waals surface area contributed by atoms with Crippen molar-refractivity contribution in [2.45, 2.75) is 6.42 Å². The van der Waals surface area contributed by atoms with Crippen LogP contribution in [0, 0.1) is 0 Å². The van der Waals surface area contributed by atoms with Gasteiger partial charge in [-0.15, -0.1) is 21.5 Å². The minimum absolute atomic E-state index is 0.0616. The SMILES string of the molecule is O=C(NCCc1nn[nH]n1)c1cccs1. The normalized spacial score (nSPS) is 10.1. The molecule has 2 aromatic rings. The van der Waals surface area contributed by atoms with Crippen LogP contribution in [0.25, 0.3) is 0 Å². The first kappa shape index (κ1) is 9.78. The standard InChI is InChI=1S/C8H9N5OS/c14-8(6-2-1-5-15-6)9-4-3-7-10-12-13-11-7/h1-2,5H,3-4H2,(H,9,14)(H,10,11,12,13). The number of nitrogens with one attached hydrogen (secondary N) is 2. The number of aromatic nitrogens is 4. The van der Waals surface area contributed by atoms with Gasteiger partial charge in [0.25, 0.3) is 5.91 Å². The minimum Gasteiger partial charge on any atom is -0.351 e. The van der Waals surface area contributed by atoms with Gasteiger partial charge < -0.3 is 5.32 Å². The summed E-state index contributed by atoms with van der Waals surface area (Å²) < 4.78 is 0. The summed E-state index contributed by atoms with van der Waals surface area (Å²) in [6, 6.07) is 3.63. The van der Waals surface area contributed by atoms with Crippen molar-refractivity contribution in [2.24, 2.45) is 0 Å². The Balaban J connectivity index is 1.77. The lowest BCUT2D eigenvalue weighted by Crippen LogP contribution is -2.25. The van der Waals surface area contributed by atoms with Gasteiger partial charge in [-0.1, -0.05) is 11.3 Å². The first-order valence-electron chi connectivity index (χ1n) is 4.40. The summed E-state index contributed by atoms with van der Waals surface area (Å²) in [6.07, 6.45) is 0.577. The highest BCUT2D eigenvalue weighted by atomic mass is 32.1. The van der Waals surface area contributed by atoms with E-state index in [9.17, 15) is 4.79 Å². The number of carbonyl (C=O) groups is 1. The van der Waals surface area contributed by atoms with Gasteiger partial charge in [-0.2, -0.15) is 5.21 Å². The molecule has 0 aliphatic carbocycles. The van der Waals surface area contributed by atoms with Gasteiger partial charge in [-0.25, -0.2) is 0 Å². The summed E-state index contributed by atoms with van der Waals surface area (Å²) in [7, 11) is 0. The summed E-state index contributed by atoms with van der Waals surface area (Å²) >= 11 is 1.42. The highest BCUT2D eigenvalue weighted by Gasteiger charge is 2.05. The molecule has 0 aliphatic rings. The maximum absolute atomic E-state index is 11.5. The molecule has 0 unspecified atom stereocenters. The number of hydrogen-bond acceptors (Lipinski definition) is 5. The van der Waals surface area contributed by atoms with Crippen LogP contribution < -0.4 is 5.32 Å². The van der Waals surface area contributed by atoms with Crippen molar-refractivity contribution in [1.82, 2.24) is 25.9 Å². The van der Waals surface area contributed by atoms with E-state index in [0.29, 0.717) is 23.7 Å².